The number of halogens is 1. The number of benzene rings is 3. The van der Waals surface area contributed by atoms with Crippen LogP contribution in [0.4, 0.5) is 16.2 Å². The van der Waals surface area contributed by atoms with Crippen LogP contribution in [-0.2, 0) is 20.9 Å². The molecule has 2 atom stereocenters. The van der Waals surface area contributed by atoms with E-state index in [-0.39, 0.29) is 19.0 Å². The molecule has 1 aliphatic rings. The molecule has 3 amide bonds. The fourth-order valence-corrected chi connectivity index (χ4v) is 4.94. The van der Waals surface area contributed by atoms with Crippen LogP contribution >= 0.6 is 15.9 Å². The molecule has 0 radical (unpaired) electrons. The summed E-state index contributed by atoms with van der Waals surface area (Å²) in [5.74, 6) is -0.0911. The maximum absolute atomic E-state index is 14.1. The van der Waals surface area contributed by atoms with Crippen LogP contribution in [0, 0.1) is 0 Å². The zero-order chi connectivity index (χ0) is 29.2. The second-order valence-corrected chi connectivity index (χ2v) is 11.7. The number of likely N-dealkylation sites (N-methyl/N-ethyl adjacent to an activating group) is 1. The van der Waals surface area contributed by atoms with Gasteiger partial charge in [-0.2, -0.15) is 0 Å². The summed E-state index contributed by atoms with van der Waals surface area (Å²) in [7, 11) is 3.10. The predicted molar refractivity (Wildman–Crippen MR) is 160 cm³/mol. The van der Waals surface area contributed by atoms with Crippen LogP contribution in [0.15, 0.2) is 59.1 Å². The maximum Gasteiger partial charge on any atom is 0.410 e. The molecule has 3 aromatic carbocycles. The lowest BCUT2D eigenvalue weighted by Crippen LogP contribution is -2.55. The summed E-state index contributed by atoms with van der Waals surface area (Å²) in [6.45, 7) is 7.28. The highest BCUT2D eigenvalue weighted by Crippen LogP contribution is 2.35. The molecule has 1 unspecified atom stereocenters. The van der Waals surface area contributed by atoms with E-state index in [0.717, 1.165) is 26.5 Å². The van der Waals surface area contributed by atoms with Gasteiger partial charge < -0.3 is 25.0 Å². The minimum Gasteiger partial charge on any atom is -0.496 e. The van der Waals surface area contributed by atoms with Gasteiger partial charge in [0.05, 0.1) is 25.0 Å². The molecule has 0 bridgehead atoms. The van der Waals surface area contributed by atoms with Crippen molar-refractivity contribution < 1.29 is 23.9 Å². The van der Waals surface area contributed by atoms with Crippen molar-refractivity contribution in [2.75, 3.05) is 30.9 Å². The van der Waals surface area contributed by atoms with Crippen molar-refractivity contribution in [2.45, 2.75) is 51.9 Å². The number of carbonyl (C=O) groups excluding carboxylic acids is 3. The average molecular weight is 612 g/mol. The third kappa shape index (κ3) is 6.33. The normalized spacial score (nSPS) is 15.9. The second kappa shape index (κ2) is 11.8. The molecule has 212 valence electrons. The molecule has 3 aromatic rings. The lowest BCUT2D eigenvalue weighted by molar-refractivity contribution is -0.130. The predicted octanol–water partition coefficient (Wildman–Crippen LogP) is 5.31. The molecule has 0 fully saturated rings. The number of para-hydroxylation sites is 2. The summed E-state index contributed by atoms with van der Waals surface area (Å²) in [6.07, 6.45) is -0.621. The van der Waals surface area contributed by atoms with Gasteiger partial charge in [-0.25, -0.2) is 4.79 Å². The molecule has 0 aliphatic carbocycles. The van der Waals surface area contributed by atoms with Crippen molar-refractivity contribution in [1.29, 1.82) is 0 Å². The Morgan fingerprint density at radius 3 is 2.60 bits per heavy atom. The zero-order valence-electron chi connectivity index (χ0n) is 23.6. The minimum atomic E-state index is -0.885. The largest absolute Gasteiger partial charge is 0.496 e. The highest BCUT2D eigenvalue weighted by atomic mass is 79.9. The average Bonchev–Trinajstić information content (AvgIpc) is 3.03. The van der Waals surface area contributed by atoms with Gasteiger partial charge in [-0.3, -0.25) is 14.5 Å². The van der Waals surface area contributed by atoms with Gasteiger partial charge in [0.2, 0.25) is 5.91 Å². The fraction of sp³-hybridized carbons (Fsp3) is 0.367. The smallest absolute Gasteiger partial charge is 0.410 e. The number of hydrogen-bond donors (Lipinski definition) is 2. The van der Waals surface area contributed by atoms with Gasteiger partial charge in [-0.15, -0.1) is 0 Å². The van der Waals surface area contributed by atoms with Crippen LogP contribution in [0.5, 0.6) is 5.75 Å². The highest BCUT2D eigenvalue weighted by molar-refractivity contribution is 9.10. The Bertz CT molecular complexity index is 1440. The molecule has 2 N–H and O–H groups in total. The van der Waals surface area contributed by atoms with Crippen LogP contribution in [0.25, 0.3) is 10.8 Å². The minimum absolute atomic E-state index is 0.181. The molecule has 0 saturated heterocycles. The molecule has 1 heterocycles. The number of rotatable bonds is 6. The lowest BCUT2D eigenvalue weighted by atomic mass is 10.0. The van der Waals surface area contributed by atoms with Gasteiger partial charge in [0.1, 0.15) is 23.4 Å². The van der Waals surface area contributed by atoms with Gasteiger partial charge in [0.15, 0.2) is 0 Å². The first kappa shape index (κ1) is 29.2. The lowest BCUT2D eigenvalue weighted by Gasteiger charge is -2.30. The van der Waals surface area contributed by atoms with E-state index in [0.29, 0.717) is 11.4 Å². The highest BCUT2D eigenvalue weighted by Gasteiger charge is 2.35. The monoisotopic (exact) mass is 610 g/mol. The van der Waals surface area contributed by atoms with E-state index in [1.54, 1.807) is 39.7 Å². The zero-order valence-corrected chi connectivity index (χ0v) is 25.2. The van der Waals surface area contributed by atoms with Crippen molar-refractivity contribution in [3.05, 3.63) is 64.6 Å². The number of anilines is 2. The van der Waals surface area contributed by atoms with Crippen LogP contribution in [0.3, 0.4) is 0 Å². The van der Waals surface area contributed by atoms with Crippen molar-refractivity contribution >= 4 is 56.0 Å². The van der Waals surface area contributed by atoms with Gasteiger partial charge in [0.25, 0.3) is 5.91 Å². The molecule has 40 heavy (non-hydrogen) atoms. The maximum atomic E-state index is 14.1. The molecular formula is C30H35BrN4O5. The molecule has 0 aromatic heterocycles. The molecule has 4 rings (SSSR count). The first-order valence-electron chi connectivity index (χ1n) is 13.0. The van der Waals surface area contributed by atoms with E-state index < -0.39 is 29.7 Å². The van der Waals surface area contributed by atoms with Gasteiger partial charge in [-0.1, -0.05) is 40.2 Å². The third-order valence-electron chi connectivity index (χ3n) is 6.80. The third-order valence-corrected chi connectivity index (χ3v) is 7.29. The van der Waals surface area contributed by atoms with Crippen molar-refractivity contribution in [3.8, 4) is 5.75 Å². The standard InChI is InChI=1S/C30H35BrN4O5/c1-18(34(5)29(38)40-30(2,3)4)27(36)33-24-16-32-23-9-7-8-10-25(23)35(28(24)37)17-22-21-13-12-20(31)15-19(21)11-14-26(22)39-6/h7-15,18,24,32H,16-17H2,1-6H3,(H,33,36)/t18?,24-/m0/s1. The summed E-state index contributed by atoms with van der Waals surface area (Å²) in [4.78, 5) is 42.7. The van der Waals surface area contributed by atoms with Gasteiger partial charge in [0, 0.05) is 23.6 Å². The molecule has 10 heteroatoms. The first-order valence-corrected chi connectivity index (χ1v) is 13.8. The first-order chi connectivity index (χ1) is 18.9. The Morgan fingerprint density at radius 1 is 1.18 bits per heavy atom. The van der Waals surface area contributed by atoms with E-state index in [1.165, 1.54) is 11.9 Å². The summed E-state index contributed by atoms with van der Waals surface area (Å²) < 4.78 is 12.0. The molecule has 9 nitrogen and oxygen atoms in total. The van der Waals surface area contributed by atoms with Crippen molar-refractivity contribution in [1.82, 2.24) is 10.2 Å². The van der Waals surface area contributed by atoms with E-state index >= 15 is 0 Å². The summed E-state index contributed by atoms with van der Waals surface area (Å²) >= 11 is 3.53. The SMILES string of the molecule is COc1ccc2cc(Br)ccc2c1CN1C(=O)[C@@H](NC(=O)C(C)N(C)C(=O)OC(C)(C)C)CNc2ccccc21. The number of fused-ring (bicyclic) bond motifs is 2. The summed E-state index contributed by atoms with van der Waals surface area (Å²) in [5.41, 5.74) is 1.61. The molecular weight excluding hydrogens is 576 g/mol. The molecule has 1 aliphatic heterocycles. The molecule has 0 spiro atoms. The van der Waals surface area contributed by atoms with E-state index in [2.05, 4.69) is 26.6 Å². The Hall–Kier alpha value is -3.79. The van der Waals surface area contributed by atoms with Crippen LogP contribution in [0.1, 0.15) is 33.3 Å². The van der Waals surface area contributed by atoms with E-state index in [4.69, 9.17) is 9.47 Å². The number of hydrogen-bond acceptors (Lipinski definition) is 6. The van der Waals surface area contributed by atoms with Crippen molar-refractivity contribution in [3.63, 3.8) is 0 Å². The van der Waals surface area contributed by atoms with E-state index in [1.807, 2.05) is 54.6 Å². The molecule has 0 saturated carbocycles. The van der Waals surface area contributed by atoms with E-state index in [9.17, 15) is 14.4 Å². The number of amides is 3. The number of nitrogens with one attached hydrogen (secondary N) is 2. The quantitative estimate of drug-likeness (QED) is 0.392. The van der Waals surface area contributed by atoms with Crippen LogP contribution < -0.4 is 20.3 Å². The summed E-state index contributed by atoms with van der Waals surface area (Å²) in [6, 6.07) is 15.6. The second-order valence-electron chi connectivity index (χ2n) is 10.8. The number of nitrogens with zero attached hydrogens (tertiary/aromatic N) is 2. The number of carbonyl (C=O) groups is 3. The van der Waals surface area contributed by atoms with Gasteiger partial charge in [-0.05, 0) is 68.8 Å². The van der Waals surface area contributed by atoms with Crippen LogP contribution in [0.2, 0.25) is 0 Å². The van der Waals surface area contributed by atoms with Crippen molar-refractivity contribution in [2.24, 2.45) is 0 Å². The number of ether oxygens (including phenoxy) is 2. The topological polar surface area (TPSA) is 100 Å². The number of methoxy groups -OCH3 is 1. The Balaban J connectivity index is 1.64. The Morgan fingerprint density at radius 2 is 1.90 bits per heavy atom. The summed E-state index contributed by atoms with van der Waals surface area (Å²) in [5, 5.41) is 8.11. The van der Waals surface area contributed by atoms with Gasteiger partial charge >= 0.3 is 6.09 Å². The fourth-order valence-electron chi connectivity index (χ4n) is 4.56. The van der Waals surface area contributed by atoms with Crippen LogP contribution in [-0.4, -0.2) is 61.2 Å². The Labute approximate surface area is 242 Å². The Kier molecular flexibility index (Phi) is 8.58.